The van der Waals surface area contributed by atoms with Crippen molar-refractivity contribution in [3.63, 3.8) is 0 Å². The maximum atomic E-state index is 11.1. The largest absolute Gasteiger partial charge is 0.465 e. The molecule has 3 rings (SSSR count). The van der Waals surface area contributed by atoms with E-state index in [4.69, 9.17) is 5.11 Å². The SMILES string of the molecule is O=C(O)N[C@@H](Cc1ccccc1)[C@H](O)CN[C@@H]1c2ccccc2C[C@@H]1O. The van der Waals surface area contributed by atoms with E-state index < -0.39 is 24.3 Å². The average molecular weight is 356 g/mol. The summed E-state index contributed by atoms with van der Waals surface area (Å²) in [6.45, 7) is 0.174. The van der Waals surface area contributed by atoms with Gasteiger partial charge in [0.2, 0.25) is 0 Å². The summed E-state index contributed by atoms with van der Waals surface area (Å²) in [4.78, 5) is 11.1. The van der Waals surface area contributed by atoms with E-state index in [1.165, 1.54) is 0 Å². The Hall–Kier alpha value is -2.41. The van der Waals surface area contributed by atoms with Crippen LogP contribution in [0.2, 0.25) is 0 Å². The zero-order chi connectivity index (χ0) is 18.5. The molecule has 138 valence electrons. The van der Waals surface area contributed by atoms with Gasteiger partial charge in [0, 0.05) is 13.0 Å². The highest BCUT2D eigenvalue weighted by Gasteiger charge is 2.31. The van der Waals surface area contributed by atoms with Gasteiger partial charge in [0.15, 0.2) is 0 Å². The quantitative estimate of drug-likeness (QED) is 0.517. The summed E-state index contributed by atoms with van der Waals surface area (Å²) in [5.74, 6) is 0. The minimum absolute atomic E-state index is 0.174. The van der Waals surface area contributed by atoms with Gasteiger partial charge >= 0.3 is 6.09 Å². The molecule has 0 saturated carbocycles. The van der Waals surface area contributed by atoms with Crippen molar-refractivity contribution in [2.24, 2.45) is 0 Å². The zero-order valence-corrected chi connectivity index (χ0v) is 14.4. The lowest BCUT2D eigenvalue weighted by atomic mass is 10.0. The van der Waals surface area contributed by atoms with Crippen molar-refractivity contribution in [3.8, 4) is 0 Å². The molecule has 0 saturated heterocycles. The summed E-state index contributed by atoms with van der Waals surface area (Å²) < 4.78 is 0. The van der Waals surface area contributed by atoms with E-state index in [1.807, 2.05) is 54.6 Å². The fraction of sp³-hybridized carbons (Fsp3) is 0.350. The van der Waals surface area contributed by atoms with Crippen LogP contribution in [0.3, 0.4) is 0 Å². The van der Waals surface area contributed by atoms with E-state index in [0.717, 1.165) is 16.7 Å². The first-order valence-electron chi connectivity index (χ1n) is 8.75. The first kappa shape index (κ1) is 18.4. The molecule has 0 unspecified atom stereocenters. The van der Waals surface area contributed by atoms with Gasteiger partial charge in [-0.3, -0.25) is 0 Å². The Morgan fingerprint density at radius 1 is 1.12 bits per heavy atom. The summed E-state index contributed by atoms with van der Waals surface area (Å²) in [5.41, 5.74) is 3.06. The molecule has 4 atom stereocenters. The molecule has 0 spiro atoms. The number of fused-ring (bicyclic) bond motifs is 1. The van der Waals surface area contributed by atoms with Crippen molar-refractivity contribution in [1.82, 2.24) is 10.6 Å². The lowest BCUT2D eigenvalue weighted by Gasteiger charge is -2.26. The van der Waals surface area contributed by atoms with Crippen LogP contribution >= 0.6 is 0 Å². The van der Waals surface area contributed by atoms with Crippen LogP contribution in [0.25, 0.3) is 0 Å². The van der Waals surface area contributed by atoms with Crippen LogP contribution in [-0.4, -0.2) is 46.2 Å². The molecule has 0 radical (unpaired) electrons. The van der Waals surface area contributed by atoms with Gasteiger partial charge in [0.25, 0.3) is 0 Å². The van der Waals surface area contributed by atoms with Gasteiger partial charge < -0.3 is 26.0 Å². The third-order valence-corrected chi connectivity index (χ3v) is 4.82. The van der Waals surface area contributed by atoms with Gasteiger partial charge in [-0.1, -0.05) is 54.6 Å². The highest BCUT2D eigenvalue weighted by atomic mass is 16.4. The molecule has 0 heterocycles. The Kier molecular flexibility index (Phi) is 5.88. The van der Waals surface area contributed by atoms with Crippen molar-refractivity contribution in [3.05, 3.63) is 71.3 Å². The number of aliphatic hydroxyl groups excluding tert-OH is 2. The Morgan fingerprint density at radius 3 is 2.54 bits per heavy atom. The lowest BCUT2D eigenvalue weighted by Crippen LogP contribution is -2.49. The molecule has 1 amide bonds. The molecule has 0 aliphatic heterocycles. The van der Waals surface area contributed by atoms with Crippen LogP contribution in [0.5, 0.6) is 0 Å². The standard InChI is InChI=1S/C20H24N2O4/c23-17-11-14-8-4-5-9-15(14)19(17)21-12-18(24)16(22-20(25)26)10-13-6-2-1-3-7-13/h1-9,16-19,21-24H,10-12H2,(H,25,26)/t16-,17-,18+,19+/m0/s1. The van der Waals surface area contributed by atoms with Gasteiger partial charge in [-0.15, -0.1) is 0 Å². The Balaban J connectivity index is 1.64. The number of carboxylic acid groups (broad SMARTS) is 1. The fourth-order valence-corrected chi connectivity index (χ4v) is 3.52. The Labute approximate surface area is 152 Å². The third kappa shape index (κ3) is 4.40. The van der Waals surface area contributed by atoms with Gasteiger partial charge in [0.1, 0.15) is 0 Å². The molecule has 0 aromatic heterocycles. The predicted octanol–water partition coefficient (Wildman–Crippen LogP) is 1.47. The maximum Gasteiger partial charge on any atom is 0.404 e. The fourth-order valence-electron chi connectivity index (χ4n) is 3.52. The number of aliphatic hydroxyl groups is 2. The van der Waals surface area contributed by atoms with Gasteiger partial charge in [-0.2, -0.15) is 0 Å². The van der Waals surface area contributed by atoms with Crippen molar-refractivity contribution >= 4 is 6.09 Å². The number of amides is 1. The van der Waals surface area contributed by atoms with Crippen LogP contribution in [-0.2, 0) is 12.8 Å². The van der Waals surface area contributed by atoms with E-state index in [0.29, 0.717) is 12.8 Å². The van der Waals surface area contributed by atoms with Gasteiger partial charge in [-0.25, -0.2) is 4.79 Å². The van der Waals surface area contributed by atoms with Crippen LogP contribution < -0.4 is 10.6 Å². The highest BCUT2D eigenvalue weighted by molar-refractivity contribution is 5.65. The van der Waals surface area contributed by atoms with Crippen molar-refractivity contribution in [1.29, 1.82) is 0 Å². The second kappa shape index (κ2) is 8.31. The molecule has 1 aliphatic rings. The van der Waals surface area contributed by atoms with E-state index in [2.05, 4.69) is 10.6 Å². The highest BCUT2D eigenvalue weighted by Crippen LogP contribution is 2.31. The number of rotatable bonds is 7. The second-order valence-electron chi connectivity index (χ2n) is 6.67. The number of hydrogen-bond donors (Lipinski definition) is 5. The van der Waals surface area contributed by atoms with E-state index in [9.17, 15) is 15.0 Å². The van der Waals surface area contributed by atoms with Crippen LogP contribution in [0.1, 0.15) is 22.7 Å². The summed E-state index contributed by atoms with van der Waals surface area (Å²) in [6.07, 6.45) is -1.69. The average Bonchev–Trinajstić information content (AvgIpc) is 2.95. The maximum absolute atomic E-state index is 11.1. The molecular weight excluding hydrogens is 332 g/mol. The molecule has 0 fully saturated rings. The first-order valence-corrected chi connectivity index (χ1v) is 8.75. The van der Waals surface area contributed by atoms with Crippen LogP contribution in [0.4, 0.5) is 4.79 Å². The first-order chi connectivity index (χ1) is 12.5. The molecule has 26 heavy (non-hydrogen) atoms. The smallest absolute Gasteiger partial charge is 0.404 e. The topological polar surface area (TPSA) is 102 Å². The normalized spacial score (nSPS) is 21.0. The van der Waals surface area contributed by atoms with Crippen molar-refractivity contribution in [2.45, 2.75) is 37.1 Å². The number of hydrogen-bond acceptors (Lipinski definition) is 4. The second-order valence-corrected chi connectivity index (χ2v) is 6.67. The molecular formula is C20H24N2O4. The number of nitrogens with one attached hydrogen (secondary N) is 2. The Morgan fingerprint density at radius 2 is 1.81 bits per heavy atom. The molecule has 1 aliphatic carbocycles. The minimum atomic E-state index is -1.17. The molecule has 6 nitrogen and oxygen atoms in total. The molecule has 2 aromatic rings. The van der Waals surface area contributed by atoms with Gasteiger partial charge in [-0.05, 0) is 23.1 Å². The number of carbonyl (C=O) groups is 1. The molecule has 0 bridgehead atoms. The van der Waals surface area contributed by atoms with E-state index >= 15 is 0 Å². The monoisotopic (exact) mass is 356 g/mol. The van der Waals surface area contributed by atoms with E-state index in [-0.39, 0.29) is 12.6 Å². The lowest BCUT2D eigenvalue weighted by molar-refractivity contribution is 0.0970. The van der Waals surface area contributed by atoms with Crippen LogP contribution in [0.15, 0.2) is 54.6 Å². The summed E-state index contributed by atoms with van der Waals surface area (Å²) in [6, 6.07) is 16.4. The van der Waals surface area contributed by atoms with Gasteiger partial charge in [0.05, 0.1) is 24.3 Å². The molecule has 6 heteroatoms. The van der Waals surface area contributed by atoms with Crippen LogP contribution in [0, 0.1) is 0 Å². The predicted molar refractivity (Wildman–Crippen MR) is 98.0 cm³/mol. The van der Waals surface area contributed by atoms with E-state index in [1.54, 1.807) is 0 Å². The zero-order valence-electron chi connectivity index (χ0n) is 14.4. The molecule has 5 N–H and O–H groups in total. The molecule has 2 aromatic carbocycles. The summed E-state index contributed by atoms with van der Waals surface area (Å²) >= 11 is 0. The minimum Gasteiger partial charge on any atom is -0.465 e. The van der Waals surface area contributed by atoms with Crippen molar-refractivity contribution < 1.29 is 20.1 Å². The summed E-state index contributed by atoms with van der Waals surface area (Å²) in [7, 11) is 0. The number of benzene rings is 2. The van der Waals surface area contributed by atoms with Crippen molar-refractivity contribution in [2.75, 3.05) is 6.54 Å². The summed E-state index contributed by atoms with van der Waals surface area (Å²) in [5, 5.41) is 35.5. The third-order valence-electron chi connectivity index (χ3n) is 4.82. The Bertz CT molecular complexity index is 738.